The minimum absolute atomic E-state index is 0.0671. The number of hydrogen-bond acceptors (Lipinski definition) is 4. The van der Waals surface area contributed by atoms with Gasteiger partial charge < -0.3 is 9.88 Å². The molecule has 1 atom stereocenters. The molecule has 2 aromatic rings. The zero-order chi connectivity index (χ0) is 21.9. The van der Waals surface area contributed by atoms with Gasteiger partial charge in [0.15, 0.2) is 5.82 Å². The van der Waals surface area contributed by atoms with Gasteiger partial charge in [-0.2, -0.15) is 0 Å². The summed E-state index contributed by atoms with van der Waals surface area (Å²) < 4.78 is 14.4. The minimum atomic E-state index is -0.333. The van der Waals surface area contributed by atoms with E-state index in [2.05, 4.69) is 20.9 Å². The van der Waals surface area contributed by atoms with E-state index in [1.54, 1.807) is 18.2 Å². The lowest BCUT2D eigenvalue weighted by Crippen LogP contribution is -2.49. The van der Waals surface area contributed by atoms with E-state index in [-0.39, 0.29) is 16.4 Å². The normalized spacial score (nSPS) is 24.5. The number of anilines is 1. The third-order valence-electron chi connectivity index (χ3n) is 7.96. The summed E-state index contributed by atoms with van der Waals surface area (Å²) in [5.41, 5.74) is 4.17. The molecule has 4 aliphatic rings. The molecule has 3 aliphatic carbocycles. The van der Waals surface area contributed by atoms with Gasteiger partial charge in [0, 0.05) is 37.8 Å². The number of nitrogens with one attached hydrogen (secondary N) is 1. The van der Waals surface area contributed by atoms with Crippen LogP contribution in [-0.4, -0.2) is 47.1 Å². The molecule has 168 valence electrons. The highest BCUT2D eigenvalue weighted by Gasteiger charge is 2.45. The van der Waals surface area contributed by atoms with Crippen molar-refractivity contribution in [1.82, 2.24) is 14.9 Å². The number of benzene rings is 1. The van der Waals surface area contributed by atoms with E-state index in [0.29, 0.717) is 17.1 Å². The number of rotatable bonds is 3. The van der Waals surface area contributed by atoms with E-state index < -0.39 is 0 Å². The number of piperazine rings is 1. The van der Waals surface area contributed by atoms with Crippen molar-refractivity contribution in [2.45, 2.75) is 51.0 Å². The fraction of sp³-hybridized carbons (Fsp3) is 0.520. The Bertz CT molecular complexity index is 1150. The van der Waals surface area contributed by atoms with E-state index in [1.165, 1.54) is 19.3 Å². The maximum atomic E-state index is 14.4. The molecule has 32 heavy (non-hydrogen) atoms. The molecule has 1 aliphatic heterocycles. The first-order chi connectivity index (χ1) is 15.5. The molecule has 7 heteroatoms. The predicted molar refractivity (Wildman–Crippen MR) is 125 cm³/mol. The number of aryl methyl sites for hydroxylation is 1. The quantitative estimate of drug-likeness (QED) is 0.755. The van der Waals surface area contributed by atoms with Gasteiger partial charge in [-0.3, -0.25) is 9.69 Å². The van der Waals surface area contributed by atoms with E-state index in [4.69, 9.17) is 16.6 Å². The molecular weight excluding hydrogens is 427 g/mol. The maximum Gasteiger partial charge on any atom is 0.254 e. The average molecular weight is 455 g/mol. The number of hydrogen-bond donors (Lipinski definition) is 1. The SMILES string of the molecule is O=c1[nH]c(C2=C[C@H](N3CCN(c4cccc(Cl)c4F)CC3)CC2)nc2c1CC1(CC2)CC1. The molecule has 6 rings (SSSR count). The molecule has 1 aromatic carbocycles. The highest BCUT2D eigenvalue weighted by Crippen LogP contribution is 2.53. The topological polar surface area (TPSA) is 52.2 Å². The summed E-state index contributed by atoms with van der Waals surface area (Å²) in [4.78, 5) is 25.3. The molecule has 1 saturated heterocycles. The van der Waals surface area contributed by atoms with Crippen molar-refractivity contribution < 1.29 is 4.39 Å². The summed E-state index contributed by atoms with van der Waals surface area (Å²) in [5.74, 6) is 0.434. The highest BCUT2D eigenvalue weighted by molar-refractivity contribution is 6.31. The number of halogens is 2. The molecule has 0 radical (unpaired) electrons. The Balaban J connectivity index is 1.15. The van der Waals surface area contributed by atoms with E-state index >= 15 is 0 Å². The lowest BCUT2D eigenvalue weighted by molar-refractivity contribution is 0.214. The summed E-state index contributed by atoms with van der Waals surface area (Å²) in [7, 11) is 0. The van der Waals surface area contributed by atoms with Gasteiger partial charge in [0.05, 0.1) is 16.4 Å². The summed E-state index contributed by atoms with van der Waals surface area (Å²) in [5, 5.41) is 0.173. The first-order valence-corrected chi connectivity index (χ1v) is 12.2. The summed E-state index contributed by atoms with van der Waals surface area (Å²) in [6, 6.07) is 5.53. The van der Waals surface area contributed by atoms with Crippen LogP contribution in [0.3, 0.4) is 0 Å². The predicted octanol–water partition coefficient (Wildman–Crippen LogP) is 4.20. The Morgan fingerprint density at radius 3 is 2.72 bits per heavy atom. The van der Waals surface area contributed by atoms with Crippen LogP contribution in [0.1, 0.15) is 49.2 Å². The van der Waals surface area contributed by atoms with Crippen LogP contribution in [0.2, 0.25) is 5.02 Å². The fourth-order valence-corrected chi connectivity index (χ4v) is 5.92. The molecule has 1 spiro atoms. The van der Waals surface area contributed by atoms with Gasteiger partial charge in [0.2, 0.25) is 0 Å². The van der Waals surface area contributed by atoms with Crippen LogP contribution in [0.25, 0.3) is 5.57 Å². The Morgan fingerprint density at radius 1 is 1.12 bits per heavy atom. The zero-order valence-electron chi connectivity index (χ0n) is 18.2. The molecule has 1 N–H and O–H groups in total. The van der Waals surface area contributed by atoms with Crippen LogP contribution < -0.4 is 10.5 Å². The van der Waals surface area contributed by atoms with Gasteiger partial charge in [-0.25, -0.2) is 9.37 Å². The Hall–Kier alpha value is -2.18. The van der Waals surface area contributed by atoms with Crippen molar-refractivity contribution in [3.63, 3.8) is 0 Å². The third kappa shape index (κ3) is 3.57. The lowest BCUT2D eigenvalue weighted by Gasteiger charge is -2.38. The second kappa shape index (κ2) is 7.70. The maximum absolute atomic E-state index is 14.4. The van der Waals surface area contributed by atoms with Gasteiger partial charge >= 0.3 is 0 Å². The van der Waals surface area contributed by atoms with Crippen LogP contribution in [-0.2, 0) is 12.8 Å². The molecule has 0 bridgehead atoms. The molecule has 1 saturated carbocycles. The lowest BCUT2D eigenvalue weighted by atomic mass is 9.84. The van der Waals surface area contributed by atoms with E-state index in [9.17, 15) is 9.18 Å². The number of aromatic amines is 1. The average Bonchev–Trinajstić information content (AvgIpc) is 3.36. The first-order valence-electron chi connectivity index (χ1n) is 11.8. The van der Waals surface area contributed by atoms with Crippen LogP contribution in [0.4, 0.5) is 10.1 Å². The first kappa shape index (κ1) is 20.4. The van der Waals surface area contributed by atoms with Crippen LogP contribution >= 0.6 is 11.6 Å². The van der Waals surface area contributed by atoms with Crippen molar-refractivity contribution in [2.75, 3.05) is 31.1 Å². The molecule has 2 heterocycles. The Kier molecular flexibility index (Phi) is 4.92. The second-order valence-electron chi connectivity index (χ2n) is 9.91. The summed E-state index contributed by atoms with van der Waals surface area (Å²) in [6.07, 6.45) is 9.79. The van der Waals surface area contributed by atoms with Gasteiger partial charge in [-0.15, -0.1) is 0 Å². The van der Waals surface area contributed by atoms with E-state index in [1.807, 2.05) is 0 Å². The van der Waals surface area contributed by atoms with Crippen molar-refractivity contribution in [2.24, 2.45) is 5.41 Å². The van der Waals surface area contributed by atoms with Crippen LogP contribution in [0.5, 0.6) is 0 Å². The molecule has 0 amide bonds. The van der Waals surface area contributed by atoms with Crippen LogP contribution in [0, 0.1) is 11.2 Å². The van der Waals surface area contributed by atoms with Crippen molar-refractivity contribution in [3.8, 4) is 0 Å². The van der Waals surface area contributed by atoms with Gasteiger partial charge in [-0.05, 0) is 68.1 Å². The largest absolute Gasteiger partial charge is 0.367 e. The molecule has 2 fully saturated rings. The molecule has 1 aromatic heterocycles. The Morgan fingerprint density at radius 2 is 1.94 bits per heavy atom. The molecule has 0 unspecified atom stereocenters. The molecular formula is C25H28ClFN4O. The van der Waals surface area contributed by atoms with Crippen molar-refractivity contribution >= 4 is 22.9 Å². The fourth-order valence-electron chi connectivity index (χ4n) is 5.75. The number of nitrogens with zero attached hydrogens (tertiary/aromatic N) is 3. The minimum Gasteiger partial charge on any atom is -0.367 e. The third-order valence-corrected chi connectivity index (χ3v) is 8.26. The van der Waals surface area contributed by atoms with Crippen molar-refractivity contribution in [1.29, 1.82) is 0 Å². The van der Waals surface area contributed by atoms with Gasteiger partial charge in [0.1, 0.15) is 5.82 Å². The second-order valence-corrected chi connectivity index (χ2v) is 10.3. The number of aromatic nitrogens is 2. The highest BCUT2D eigenvalue weighted by atomic mass is 35.5. The van der Waals surface area contributed by atoms with Gasteiger partial charge in [-0.1, -0.05) is 23.7 Å². The van der Waals surface area contributed by atoms with E-state index in [0.717, 1.165) is 74.5 Å². The summed E-state index contributed by atoms with van der Waals surface area (Å²) in [6.45, 7) is 3.28. The number of fused-ring (bicyclic) bond motifs is 1. The number of H-pyrrole nitrogens is 1. The smallest absolute Gasteiger partial charge is 0.254 e. The zero-order valence-corrected chi connectivity index (χ0v) is 18.9. The number of allylic oxidation sites excluding steroid dienone is 1. The van der Waals surface area contributed by atoms with Gasteiger partial charge in [0.25, 0.3) is 5.56 Å². The standard InChI is InChI=1S/C25H28ClFN4O/c26-19-2-1-3-21(22(19)27)31-12-10-30(11-13-31)17-5-4-16(14-17)23-28-20-6-7-25(8-9-25)15-18(20)24(32)29-23/h1-3,14,17H,4-13,15H2,(H,28,29,32)/t17-/m1/s1. The Labute approximate surface area is 192 Å². The summed E-state index contributed by atoms with van der Waals surface area (Å²) >= 11 is 5.96. The van der Waals surface area contributed by atoms with Crippen LogP contribution in [0.15, 0.2) is 29.1 Å². The molecule has 5 nitrogen and oxygen atoms in total. The monoisotopic (exact) mass is 454 g/mol. The van der Waals surface area contributed by atoms with Crippen molar-refractivity contribution in [3.05, 3.63) is 62.6 Å².